The van der Waals surface area contributed by atoms with Crippen LogP contribution in [0.4, 0.5) is 0 Å². The zero-order chi connectivity index (χ0) is 8.74. The Hall–Kier alpha value is -0.300. The summed E-state index contributed by atoms with van der Waals surface area (Å²) >= 11 is 0. The van der Waals surface area contributed by atoms with Crippen LogP contribution < -0.4 is 0 Å². The van der Waals surface area contributed by atoms with Crippen molar-refractivity contribution in [3.63, 3.8) is 0 Å². The van der Waals surface area contributed by atoms with Crippen molar-refractivity contribution in [3.05, 3.63) is 12.7 Å². The number of ether oxygens (including phenoxy) is 1. The van der Waals surface area contributed by atoms with Gasteiger partial charge in [0.05, 0.1) is 0 Å². The van der Waals surface area contributed by atoms with Gasteiger partial charge in [-0.25, -0.2) is 0 Å². The molecule has 11 heavy (non-hydrogen) atoms. The number of allylic oxidation sites excluding steroid dienone is 1. The molecule has 0 saturated heterocycles. The lowest BCUT2D eigenvalue weighted by Crippen LogP contribution is -2.11. The van der Waals surface area contributed by atoms with Gasteiger partial charge in [0.1, 0.15) is 0 Å². The molecule has 0 rings (SSSR count). The molecule has 0 heterocycles. The van der Waals surface area contributed by atoms with Crippen molar-refractivity contribution in [2.45, 2.75) is 33.6 Å². The van der Waals surface area contributed by atoms with Crippen LogP contribution in [-0.2, 0) is 4.74 Å². The summed E-state index contributed by atoms with van der Waals surface area (Å²) in [6, 6.07) is 0. The van der Waals surface area contributed by atoms with E-state index in [1.54, 1.807) is 0 Å². The Labute approximate surface area is 70.4 Å². The summed E-state index contributed by atoms with van der Waals surface area (Å²) in [6.45, 7) is 12.0. The minimum atomic E-state index is 0.230. The highest BCUT2D eigenvalue weighted by atomic mass is 16.5. The second-order valence-electron chi connectivity index (χ2n) is 3.56. The summed E-state index contributed by atoms with van der Waals surface area (Å²) in [5, 5.41) is 0. The van der Waals surface area contributed by atoms with Gasteiger partial charge < -0.3 is 4.74 Å². The quantitative estimate of drug-likeness (QED) is 0.424. The second-order valence-corrected chi connectivity index (χ2v) is 3.56. The van der Waals surface area contributed by atoms with E-state index in [4.69, 9.17) is 4.74 Å². The lowest BCUT2D eigenvalue weighted by atomic mass is 9.90. The van der Waals surface area contributed by atoms with Gasteiger partial charge in [0.15, 0.2) is 0 Å². The van der Waals surface area contributed by atoms with Crippen molar-refractivity contribution in [1.82, 2.24) is 0 Å². The SMILES string of the molecule is C=CC(C)(C)CCOCCC. The van der Waals surface area contributed by atoms with Crippen molar-refractivity contribution < 1.29 is 4.74 Å². The topological polar surface area (TPSA) is 9.23 Å². The highest BCUT2D eigenvalue weighted by molar-refractivity contribution is 4.86. The summed E-state index contributed by atoms with van der Waals surface area (Å²) in [5.41, 5.74) is 0.230. The molecule has 0 aliphatic carbocycles. The summed E-state index contributed by atoms with van der Waals surface area (Å²) in [7, 11) is 0. The van der Waals surface area contributed by atoms with Crippen LogP contribution in [0.25, 0.3) is 0 Å². The number of rotatable bonds is 6. The van der Waals surface area contributed by atoms with Crippen LogP contribution in [0.5, 0.6) is 0 Å². The van der Waals surface area contributed by atoms with Gasteiger partial charge in [0, 0.05) is 13.2 Å². The summed E-state index contributed by atoms with van der Waals surface area (Å²) < 4.78 is 5.37. The fourth-order valence-corrected chi connectivity index (χ4v) is 0.684. The standard InChI is InChI=1S/C10H20O/c1-5-8-11-9-7-10(3,4)6-2/h6H,2,5,7-9H2,1,3-4H3. The Balaban J connectivity index is 3.30. The van der Waals surface area contributed by atoms with E-state index in [2.05, 4.69) is 27.4 Å². The van der Waals surface area contributed by atoms with E-state index in [0.717, 1.165) is 26.1 Å². The molecule has 0 aliphatic rings. The third kappa shape index (κ3) is 6.11. The first-order valence-corrected chi connectivity index (χ1v) is 4.33. The summed E-state index contributed by atoms with van der Waals surface area (Å²) in [6.07, 6.45) is 4.16. The van der Waals surface area contributed by atoms with Crippen molar-refractivity contribution in [3.8, 4) is 0 Å². The number of hydrogen-bond acceptors (Lipinski definition) is 1. The third-order valence-corrected chi connectivity index (χ3v) is 1.79. The van der Waals surface area contributed by atoms with Gasteiger partial charge in [0.25, 0.3) is 0 Å². The van der Waals surface area contributed by atoms with Gasteiger partial charge in [-0.1, -0.05) is 26.8 Å². The monoisotopic (exact) mass is 156 g/mol. The molecule has 0 bridgehead atoms. The average molecular weight is 156 g/mol. The molecular formula is C10H20O. The number of hydrogen-bond donors (Lipinski definition) is 0. The van der Waals surface area contributed by atoms with E-state index in [1.807, 2.05) is 6.08 Å². The highest BCUT2D eigenvalue weighted by Crippen LogP contribution is 2.20. The molecular weight excluding hydrogens is 136 g/mol. The Morgan fingerprint density at radius 2 is 2.00 bits per heavy atom. The molecule has 0 radical (unpaired) electrons. The van der Waals surface area contributed by atoms with Gasteiger partial charge >= 0.3 is 0 Å². The van der Waals surface area contributed by atoms with Crippen molar-refractivity contribution in [2.24, 2.45) is 5.41 Å². The first-order chi connectivity index (χ1) is 5.12. The third-order valence-electron chi connectivity index (χ3n) is 1.79. The zero-order valence-corrected chi connectivity index (χ0v) is 8.02. The Kier molecular flexibility index (Phi) is 5.22. The lowest BCUT2D eigenvalue weighted by molar-refractivity contribution is 0.114. The second kappa shape index (κ2) is 5.36. The molecule has 0 unspecified atom stereocenters. The summed E-state index contributed by atoms with van der Waals surface area (Å²) in [5.74, 6) is 0. The maximum Gasteiger partial charge on any atom is 0.0474 e. The first-order valence-electron chi connectivity index (χ1n) is 4.33. The normalized spacial score (nSPS) is 11.5. The molecule has 0 aliphatic heterocycles. The minimum Gasteiger partial charge on any atom is -0.381 e. The average Bonchev–Trinajstić information content (AvgIpc) is 1.99. The molecule has 1 heteroatoms. The molecule has 0 spiro atoms. The van der Waals surface area contributed by atoms with E-state index < -0.39 is 0 Å². The van der Waals surface area contributed by atoms with Gasteiger partial charge in [-0.15, -0.1) is 6.58 Å². The minimum absolute atomic E-state index is 0.230. The largest absolute Gasteiger partial charge is 0.381 e. The molecule has 0 N–H and O–H groups in total. The maximum atomic E-state index is 5.37. The Bertz CT molecular complexity index is 105. The molecule has 0 aromatic heterocycles. The molecule has 66 valence electrons. The Morgan fingerprint density at radius 3 is 2.45 bits per heavy atom. The molecule has 1 nitrogen and oxygen atoms in total. The van der Waals surface area contributed by atoms with Crippen LogP contribution >= 0.6 is 0 Å². The predicted octanol–water partition coefficient (Wildman–Crippen LogP) is 3.02. The van der Waals surface area contributed by atoms with Crippen LogP contribution in [0, 0.1) is 5.41 Å². The fourth-order valence-electron chi connectivity index (χ4n) is 0.684. The van der Waals surface area contributed by atoms with Crippen LogP contribution in [-0.4, -0.2) is 13.2 Å². The molecule has 0 aromatic rings. The smallest absolute Gasteiger partial charge is 0.0474 e. The van der Waals surface area contributed by atoms with Gasteiger partial charge in [-0.05, 0) is 18.3 Å². The van der Waals surface area contributed by atoms with E-state index in [9.17, 15) is 0 Å². The van der Waals surface area contributed by atoms with Crippen LogP contribution in [0.1, 0.15) is 33.6 Å². The highest BCUT2D eigenvalue weighted by Gasteiger charge is 2.11. The first kappa shape index (κ1) is 10.7. The molecule has 0 saturated carbocycles. The lowest BCUT2D eigenvalue weighted by Gasteiger charge is -2.18. The van der Waals surface area contributed by atoms with Gasteiger partial charge in [-0.2, -0.15) is 0 Å². The van der Waals surface area contributed by atoms with Gasteiger partial charge in [-0.3, -0.25) is 0 Å². The summed E-state index contributed by atoms with van der Waals surface area (Å²) in [4.78, 5) is 0. The zero-order valence-electron chi connectivity index (χ0n) is 8.02. The van der Waals surface area contributed by atoms with Crippen LogP contribution in [0.2, 0.25) is 0 Å². The molecule has 0 amide bonds. The van der Waals surface area contributed by atoms with Gasteiger partial charge in [0.2, 0.25) is 0 Å². The fraction of sp³-hybridized carbons (Fsp3) is 0.800. The predicted molar refractivity (Wildman–Crippen MR) is 49.7 cm³/mol. The molecule has 0 atom stereocenters. The van der Waals surface area contributed by atoms with Crippen molar-refractivity contribution in [1.29, 1.82) is 0 Å². The van der Waals surface area contributed by atoms with E-state index in [0.29, 0.717) is 0 Å². The molecule has 0 fully saturated rings. The maximum absolute atomic E-state index is 5.37. The van der Waals surface area contributed by atoms with Crippen molar-refractivity contribution in [2.75, 3.05) is 13.2 Å². The van der Waals surface area contributed by atoms with E-state index in [1.165, 1.54) is 0 Å². The van der Waals surface area contributed by atoms with Crippen LogP contribution in [0.15, 0.2) is 12.7 Å². The van der Waals surface area contributed by atoms with E-state index in [-0.39, 0.29) is 5.41 Å². The van der Waals surface area contributed by atoms with Crippen LogP contribution in [0.3, 0.4) is 0 Å². The Morgan fingerprint density at radius 1 is 1.36 bits per heavy atom. The van der Waals surface area contributed by atoms with E-state index >= 15 is 0 Å². The molecule has 0 aromatic carbocycles. The van der Waals surface area contributed by atoms with Crippen molar-refractivity contribution >= 4 is 0 Å².